The van der Waals surface area contributed by atoms with Crippen LogP contribution in [0, 0.1) is 13.8 Å². The molecule has 0 aliphatic rings. The van der Waals surface area contributed by atoms with E-state index in [1.807, 2.05) is 32.0 Å². The second kappa shape index (κ2) is 8.29. The Balaban J connectivity index is 2.08. The van der Waals surface area contributed by atoms with Gasteiger partial charge in [-0.2, -0.15) is 0 Å². The summed E-state index contributed by atoms with van der Waals surface area (Å²) in [6.07, 6.45) is 0.188. The molecule has 6 heteroatoms. The number of carbonyl (C=O) groups excluding carboxylic acids is 2. The van der Waals surface area contributed by atoms with E-state index in [0.717, 1.165) is 16.7 Å². The summed E-state index contributed by atoms with van der Waals surface area (Å²) in [5.41, 5.74) is 3.31. The normalized spacial score (nSPS) is 11.5. The van der Waals surface area contributed by atoms with Crippen molar-refractivity contribution in [2.45, 2.75) is 33.2 Å². The molecule has 0 aliphatic carbocycles. The van der Waals surface area contributed by atoms with Gasteiger partial charge >= 0.3 is 11.9 Å². The molecule has 0 radical (unpaired) electrons. The molecule has 2 N–H and O–H groups in total. The van der Waals surface area contributed by atoms with Crippen molar-refractivity contribution in [3.05, 3.63) is 64.7 Å². The number of carbonyl (C=O) groups is 3. The first-order valence-electron chi connectivity index (χ1n) is 8.14. The number of hydrogen-bond acceptors (Lipinski definition) is 4. The number of aliphatic carboxylic acids is 1. The molecule has 136 valence electrons. The van der Waals surface area contributed by atoms with Gasteiger partial charge in [0, 0.05) is 18.9 Å². The van der Waals surface area contributed by atoms with Crippen LogP contribution in [-0.2, 0) is 16.0 Å². The Morgan fingerprint density at radius 2 is 1.69 bits per heavy atom. The first-order valence-corrected chi connectivity index (χ1v) is 8.14. The molecule has 2 aromatic carbocycles. The lowest BCUT2D eigenvalue weighted by molar-refractivity contribution is -0.139. The van der Waals surface area contributed by atoms with Crippen LogP contribution in [0.4, 0.5) is 0 Å². The number of nitrogens with one attached hydrogen (secondary N) is 1. The fraction of sp³-hybridized carbons (Fsp3) is 0.250. The molecule has 1 amide bonds. The van der Waals surface area contributed by atoms with Crippen molar-refractivity contribution < 1.29 is 24.2 Å². The molecule has 0 spiro atoms. The molecule has 0 bridgehead atoms. The molecule has 0 heterocycles. The van der Waals surface area contributed by atoms with Crippen LogP contribution in [0.5, 0.6) is 5.75 Å². The predicted octanol–water partition coefficient (Wildman–Crippen LogP) is 2.65. The average Bonchev–Trinajstić information content (AvgIpc) is 2.57. The van der Waals surface area contributed by atoms with Crippen molar-refractivity contribution in [2.24, 2.45) is 0 Å². The van der Waals surface area contributed by atoms with Crippen molar-refractivity contribution in [1.29, 1.82) is 0 Å². The van der Waals surface area contributed by atoms with Crippen molar-refractivity contribution >= 4 is 17.8 Å². The number of ether oxygens (including phenoxy) is 1. The van der Waals surface area contributed by atoms with Crippen molar-refractivity contribution in [3.8, 4) is 5.75 Å². The smallest absolute Gasteiger partial charge is 0.326 e. The van der Waals surface area contributed by atoms with Crippen LogP contribution in [0.2, 0.25) is 0 Å². The second-order valence-corrected chi connectivity index (χ2v) is 6.11. The van der Waals surface area contributed by atoms with Gasteiger partial charge in [-0.25, -0.2) is 4.79 Å². The van der Waals surface area contributed by atoms with Gasteiger partial charge in [-0.3, -0.25) is 9.59 Å². The molecule has 6 nitrogen and oxygen atoms in total. The highest BCUT2D eigenvalue weighted by Gasteiger charge is 2.21. The highest BCUT2D eigenvalue weighted by atomic mass is 16.5. The molecule has 0 saturated heterocycles. The average molecular weight is 355 g/mol. The van der Waals surface area contributed by atoms with Gasteiger partial charge < -0.3 is 15.2 Å². The molecule has 1 atom stereocenters. The number of carboxylic acid groups (broad SMARTS) is 1. The molecule has 0 aromatic heterocycles. The maximum atomic E-state index is 12.3. The largest absolute Gasteiger partial charge is 0.480 e. The maximum Gasteiger partial charge on any atom is 0.326 e. The zero-order valence-electron chi connectivity index (χ0n) is 14.9. The number of hydrogen-bond donors (Lipinski definition) is 2. The molecule has 0 saturated carbocycles. The molecule has 0 aliphatic heterocycles. The molecular formula is C20H21NO5. The maximum absolute atomic E-state index is 12.3. The number of aryl methyl sites for hydroxylation is 2. The predicted molar refractivity (Wildman–Crippen MR) is 96.3 cm³/mol. The number of amides is 1. The van der Waals surface area contributed by atoms with Crippen LogP contribution in [0.15, 0.2) is 42.5 Å². The monoisotopic (exact) mass is 355 g/mol. The van der Waals surface area contributed by atoms with E-state index in [2.05, 4.69) is 5.32 Å². The third-order valence-corrected chi connectivity index (χ3v) is 3.99. The van der Waals surface area contributed by atoms with Crippen molar-refractivity contribution in [1.82, 2.24) is 5.32 Å². The van der Waals surface area contributed by atoms with E-state index in [0.29, 0.717) is 5.75 Å². The van der Waals surface area contributed by atoms with E-state index in [4.69, 9.17) is 4.74 Å². The fourth-order valence-electron chi connectivity index (χ4n) is 2.45. The number of carboxylic acids is 1. The van der Waals surface area contributed by atoms with Crippen LogP contribution in [0.1, 0.15) is 34.0 Å². The number of benzene rings is 2. The summed E-state index contributed by atoms with van der Waals surface area (Å²) < 4.78 is 4.90. The lowest BCUT2D eigenvalue weighted by Gasteiger charge is -2.15. The Labute approximate surface area is 151 Å². The van der Waals surface area contributed by atoms with Gasteiger partial charge in [-0.15, -0.1) is 0 Å². The summed E-state index contributed by atoms with van der Waals surface area (Å²) in [5, 5.41) is 12.0. The number of rotatable bonds is 6. The van der Waals surface area contributed by atoms with Crippen LogP contribution in [0.25, 0.3) is 0 Å². The first-order chi connectivity index (χ1) is 12.3. The molecule has 0 fully saturated rings. The Hall–Kier alpha value is -3.15. The zero-order chi connectivity index (χ0) is 19.3. The lowest BCUT2D eigenvalue weighted by Crippen LogP contribution is -2.42. The Morgan fingerprint density at radius 3 is 2.23 bits per heavy atom. The molecule has 26 heavy (non-hydrogen) atoms. The topological polar surface area (TPSA) is 92.7 Å². The van der Waals surface area contributed by atoms with E-state index < -0.39 is 23.9 Å². The zero-order valence-corrected chi connectivity index (χ0v) is 14.9. The van der Waals surface area contributed by atoms with Gasteiger partial charge in [0.05, 0.1) is 0 Å². The van der Waals surface area contributed by atoms with Gasteiger partial charge in [0.1, 0.15) is 11.8 Å². The van der Waals surface area contributed by atoms with E-state index in [1.165, 1.54) is 31.2 Å². The molecule has 2 rings (SSSR count). The third kappa shape index (κ3) is 5.17. The minimum absolute atomic E-state index is 0.188. The van der Waals surface area contributed by atoms with E-state index >= 15 is 0 Å². The third-order valence-electron chi connectivity index (χ3n) is 3.99. The molecule has 2 aromatic rings. The molecular weight excluding hydrogens is 334 g/mol. The van der Waals surface area contributed by atoms with Gasteiger partial charge in [-0.05, 0) is 54.8 Å². The van der Waals surface area contributed by atoms with Gasteiger partial charge in [0.2, 0.25) is 0 Å². The Kier molecular flexibility index (Phi) is 6.11. The summed E-state index contributed by atoms with van der Waals surface area (Å²) in [6, 6.07) is 10.6. The highest BCUT2D eigenvalue weighted by molar-refractivity contribution is 5.96. The Morgan fingerprint density at radius 1 is 1.04 bits per heavy atom. The SMILES string of the molecule is CC(=O)Oc1ccc(C(=O)N[C@H](Cc2ccc(C)c(C)c2)C(=O)O)cc1. The minimum atomic E-state index is -1.10. The minimum Gasteiger partial charge on any atom is -0.480 e. The summed E-state index contributed by atoms with van der Waals surface area (Å²) in [7, 11) is 0. The Bertz CT molecular complexity index is 827. The summed E-state index contributed by atoms with van der Waals surface area (Å²) in [5.74, 6) is -1.75. The van der Waals surface area contributed by atoms with Crippen LogP contribution in [0.3, 0.4) is 0 Å². The first kappa shape index (κ1) is 19.2. The summed E-state index contributed by atoms with van der Waals surface area (Å²) in [4.78, 5) is 34.8. The second-order valence-electron chi connectivity index (χ2n) is 6.11. The molecule has 0 unspecified atom stereocenters. The van der Waals surface area contributed by atoms with Crippen LogP contribution in [-0.4, -0.2) is 29.0 Å². The van der Waals surface area contributed by atoms with Gasteiger partial charge in [-0.1, -0.05) is 18.2 Å². The number of esters is 1. The van der Waals surface area contributed by atoms with Gasteiger partial charge in [0.25, 0.3) is 5.91 Å². The standard InChI is InChI=1S/C20H21NO5/c1-12-4-5-15(10-13(12)2)11-18(20(24)25)21-19(23)16-6-8-17(9-7-16)26-14(3)22/h4-10,18H,11H2,1-3H3,(H,21,23)(H,24,25)/t18-/m1/s1. The van der Waals surface area contributed by atoms with Gasteiger partial charge in [0.15, 0.2) is 0 Å². The van der Waals surface area contributed by atoms with E-state index in [1.54, 1.807) is 0 Å². The van der Waals surface area contributed by atoms with E-state index in [9.17, 15) is 19.5 Å². The van der Waals surface area contributed by atoms with Crippen molar-refractivity contribution in [2.75, 3.05) is 0 Å². The summed E-state index contributed by atoms with van der Waals surface area (Å²) in [6.45, 7) is 5.22. The fourth-order valence-corrected chi connectivity index (χ4v) is 2.45. The summed E-state index contributed by atoms with van der Waals surface area (Å²) >= 11 is 0. The van der Waals surface area contributed by atoms with Crippen LogP contribution < -0.4 is 10.1 Å². The highest BCUT2D eigenvalue weighted by Crippen LogP contribution is 2.14. The van der Waals surface area contributed by atoms with E-state index in [-0.39, 0.29) is 12.0 Å². The van der Waals surface area contributed by atoms with Crippen LogP contribution >= 0.6 is 0 Å². The van der Waals surface area contributed by atoms with Crippen molar-refractivity contribution in [3.63, 3.8) is 0 Å². The lowest BCUT2D eigenvalue weighted by atomic mass is 10.0. The quantitative estimate of drug-likeness (QED) is 0.614.